The van der Waals surface area contributed by atoms with Gasteiger partial charge in [0.2, 0.25) is 5.88 Å². The number of ether oxygens (including phenoxy) is 2. The first-order valence-electron chi connectivity index (χ1n) is 13.8. The van der Waals surface area contributed by atoms with E-state index in [4.69, 9.17) is 19.7 Å². The highest BCUT2D eigenvalue weighted by Gasteiger charge is 2.21. The highest BCUT2D eigenvalue weighted by atomic mass is 19.1. The first kappa shape index (κ1) is 28.0. The zero-order valence-corrected chi connectivity index (χ0v) is 23.0. The minimum atomic E-state index is -1.02. The van der Waals surface area contributed by atoms with Gasteiger partial charge in [-0.05, 0) is 66.9 Å². The zero-order chi connectivity index (χ0) is 29.9. The minimum Gasteiger partial charge on any atom is -0.478 e. The average molecular weight is 581 g/mol. The van der Waals surface area contributed by atoms with Gasteiger partial charge >= 0.3 is 5.97 Å². The fourth-order valence-corrected chi connectivity index (χ4v) is 5.23. The first-order chi connectivity index (χ1) is 20.9. The second-order valence-electron chi connectivity index (χ2n) is 10.3. The lowest BCUT2D eigenvalue weighted by atomic mass is 10.1. The van der Waals surface area contributed by atoms with Gasteiger partial charge in [0.15, 0.2) is 0 Å². The number of rotatable bonds is 9. The van der Waals surface area contributed by atoms with E-state index in [0.29, 0.717) is 47.7 Å². The summed E-state index contributed by atoms with van der Waals surface area (Å²) in [6.45, 7) is 1.11. The fraction of sp³-hybridized carbons (Fsp3) is 0.212. The molecule has 1 atom stereocenters. The molecular formula is C33H26F2N4O4. The molecule has 43 heavy (non-hydrogen) atoms. The molecule has 0 bridgehead atoms. The van der Waals surface area contributed by atoms with E-state index >= 15 is 4.39 Å². The lowest BCUT2D eigenvalue weighted by Crippen LogP contribution is -2.17. The molecule has 8 nitrogen and oxygen atoms in total. The lowest BCUT2D eigenvalue weighted by molar-refractivity contribution is 0.0697. The van der Waals surface area contributed by atoms with Gasteiger partial charge in [-0.25, -0.2) is 23.5 Å². The normalized spacial score (nSPS) is 14.6. The van der Waals surface area contributed by atoms with Crippen LogP contribution in [0.15, 0.2) is 72.8 Å². The molecule has 1 N–H and O–H groups in total. The van der Waals surface area contributed by atoms with Crippen LogP contribution in [0.4, 0.5) is 8.78 Å². The number of hydrogen-bond donors (Lipinski definition) is 1. The average Bonchev–Trinajstić information content (AvgIpc) is 3.64. The predicted octanol–water partition coefficient (Wildman–Crippen LogP) is 6.30. The largest absolute Gasteiger partial charge is 0.478 e. The molecule has 216 valence electrons. The van der Waals surface area contributed by atoms with E-state index in [1.54, 1.807) is 42.5 Å². The van der Waals surface area contributed by atoms with Crippen LogP contribution in [0.25, 0.3) is 22.3 Å². The zero-order valence-electron chi connectivity index (χ0n) is 23.0. The van der Waals surface area contributed by atoms with Gasteiger partial charge in [0.05, 0.1) is 46.6 Å². The third-order valence-electron chi connectivity index (χ3n) is 7.44. The van der Waals surface area contributed by atoms with Gasteiger partial charge in [-0.1, -0.05) is 18.2 Å². The molecule has 5 aromatic rings. The molecule has 1 fully saturated rings. The van der Waals surface area contributed by atoms with Gasteiger partial charge in [-0.3, -0.25) is 0 Å². The summed E-state index contributed by atoms with van der Waals surface area (Å²) in [6, 6.07) is 20.7. The number of nitriles is 1. The van der Waals surface area contributed by atoms with Crippen LogP contribution in [0.1, 0.15) is 45.7 Å². The van der Waals surface area contributed by atoms with E-state index in [0.717, 1.165) is 18.9 Å². The van der Waals surface area contributed by atoms with E-state index in [9.17, 15) is 14.3 Å². The van der Waals surface area contributed by atoms with Gasteiger partial charge in [0.25, 0.3) is 0 Å². The Morgan fingerprint density at radius 2 is 1.95 bits per heavy atom. The van der Waals surface area contributed by atoms with Crippen molar-refractivity contribution < 1.29 is 28.2 Å². The molecule has 3 heterocycles. The van der Waals surface area contributed by atoms with Gasteiger partial charge in [-0.15, -0.1) is 0 Å². The fourth-order valence-electron chi connectivity index (χ4n) is 5.23. The van der Waals surface area contributed by atoms with Crippen molar-refractivity contribution in [3.63, 3.8) is 0 Å². The third kappa shape index (κ3) is 6.08. The smallest absolute Gasteiger partial charge is 0.335 e. The summed E-state index contributed by atoms with van der Waals surface area (Å²) in [7, 11) is 0. The minimum absolute atomic E-state index is 0.00211. The lowest BCUT2D eigenvalue weighted by Gasteiger charge is -2.15. The quantitative estimate of drug-likeness (QED) is 0.218. The van der Waals surface area contributed by atoms with Gasteiger partial charge in [-0.2, -0.15) is 5.26 Å². The second-order valence-corrected chi connectivity index (χ2v) is 10.3. The van der Waals surface area contributed by atoms with Gasteiger partial charge in [0, 0.05) is 30.2 Å². The second kappa shape index (κ2) is 12.0. The Bertz CT molecular complexity index is 1880. The highest BCUT2D eigenvalue weighted by molar-refractivity contribution is 5.92. The van der Waals surface area contributed by atoms with Crippen LogP contribution < -0.4 is 4.74 Å². The Labute approximate surface area is 245 Å². The molecular weight excluding hydrogens is 554 g/mol. The van der Waals surface area contributed by atoms with Crippen molar-refractivity contribution in [2.45, 2.75) is 38.5 Å². The van der Waals surface area contributed by atoms with Crippen molar-refractivity contribution in [3.05, 3.63) is 113 Å². The molecule has 0 aliphatic carbocycles. The van der Waals surface area contributed by atoms with Crippen molar-refractivity contribution in [2.24, 2.45) is 0 Å². The Kier molecular flexibility index (Phi) is 7.81. The number of nitrogens with zero attached hydrogens (tertiary/aromatic N) is 4. The molecule has 1 unspecified atom stereocenters. The predicted molar refractivity (Wildman–Crippen MR) is 154 cm³/mol. The van der Waals surface area contributed by atoms with Crippen LogP contribution >= 0.6 is 0 Å². The maximum Gasteiger partial charge on any atom is 0.335 e. The Balaban J connectivity index is 1.23. The van der Waals surface area contributed by atoms with Crippen molar-refractivity contribution >= 4 is 17.0 Å². The highest BCUT2D eigenvalue weighted by Crippen LogP contribution is 2.27. The number of hydrogen-bond acceptors (Lipinski definition) is 6. The first-order valence-corrected chi connectivity index (χ1v) is 13.8. The number of carboxylic acids is 1. The maximum atomic E-state index is 15.5. The molecule has 3 aromatic carbocycles. The molecule has 0 saturated carbocycles. The monoisotopic (exact) mass is 580 g/mol. The maximum absolute atomic E-state index is 15.5. The summed E-state index contributed by atoms with van der Waals surface area (Å²) in [5, 5.41) is 18.4. The summed E-state index contributed by atoms with van der Waals surface area (Å²) >= 11 is 0. The molecule has 6 rings (SSSR count). The SMILES string of the molecule is N#Cc1ccc(COc2cccc(-c3ccc(Cc4nc5ccc(C(=O)O)cc5n4CC4CCCO4)cc3F)n2)c(F)c1. The van der Waals surface area contributed by atoms with E-state index in [2.05, 4.69) is 4.98 Å². The number of halogens is 2. The topological polar surface area (TPSA) is 110 Å². The number of pyridine rings is 1. The molecule has 10 heteroatoms. The van der Waals surface area contributed by atoms with Crippen molar-refractivity contribution in [1.82, 2.24) is 14.5 Å². The van der Waals surface area contributed by atoms with E-state index < -0.39 is 17.6 Å². The van der Waals surface area contributed by atoms with Crippen molar-refractivity contribution in [2.75, 3.05) is 6.61 Å². The Morgan fingerprint density at radius 3 is 2.70 bits per heavy atom. The Morgan fingerprint density at radius 1 is 1.07 bits per heavy atom. The summed E-state index contributed by atoms with van der Waals surface area (Å²) in [4.78, 5) is 20.8. The molecule has 1 aliphatic rings. The molecule has 2 aromatic heterocycles. The number of benzene rings is 3. The number of aromatic carboxylic acids is 1. The number of carboxylic acid groups (broad SMARTS) is 1. The van der Waals surface area contributed by atoms with Gasteiger partial charge in [0.1, 0.15) is 24.1 Å². The van der Waals surface area contributed by atoms with Crippen LogP contribution in [-0.2, 0) is 24.3 Å². The standard InChI is InChI=1S/C33H26F2N4O4/c34-26-14-21(17-36)6-8-23(26)19-43-32-5-1-4-28(38-32)25-10-7-20(13-27(25)35)15-31-37-29-11-9-22(33(40)41)16-30(29)39(31)18-24-3-2-12-42-24/h1,4-11,13-14,16,24H,2-3,12,15,18-19H2,(H,40,41). The third-order valence-corrected chi connectivity index (χ3v) is 7.44. The van der Waals surface area contributed by atoms with E-state index in [1.807, 2.05) is 10.6 Å². The van der Waals surface area contributed by atoms with E-state index in [-0.39, 0.29) is 40.8 Å². The van der Waals surface area contributed by atoms with Gasteiger partial charge < -0.3 is 19.1 Å². The molecule has 1 saturated heterocycles. The van der Waals surface area contributed by atoms with Crippen LogP contribution in [0.3, 0.4) is 0 Å². The number of carbonyl (C=O) groups is 1. The molecule has 1 aliphatic heterocycles. The summed E-state index contributed by atoms with van der Waals surface area (Å²) in [5.74, 6) is -1.16. The summed E-state index contributed by atoms with van der Waals surface area (Å²) < 4.78 is 43.1. The van der Waals surface area contributed by atoms with Crippen LogP contribution in [-0.4, -0.2) is 38.3 Å². The number of fused-ring (bicyclic) bond motifs is 1. The van der Waals surface area contributed by atoms with Crippen LogP contribution in [0, 0.1) is 23.0 Å². The number of imidazole rings is 1. The molecule has 0 radical (unpaired) electrons. The summed E-state index contributed by atoms with van der Waals surface area (Å²) in [6.07, 6.45) is 2.19. The van der Waals surface area contributed by atoms with Crippen LogP contribution in [0.5, 0.6) is 5.88 Å². The Hall–Kier alpha value is -5.14. The molecule has 0 spiro atoms. The van der Waals surface area contributed by atoms with Crippen molar-refractivity contribution in [3.8, 4) is 23.2 Å². The summed E-state index contributed by atoms with van der Waals surface area (Å²) in [5.41, 5.74) is 3.34. The number of aromatic nitrogens is 3. The van der Waals surface area contributed by atoms with Crippen LogP contribution in [0.2, 0.25) is 0 Å². The van der Waals surface area contributed by atoms with Crippen molar-refractivity contribution in [1.29, 1.82) is 5.26 Å². The molecule has 0 amide bonds. The van der Waals surface area contributed by atoms with E-state index in [1.165, 1.54) is 24.3 Å².